The number of sulfonamides is 1. The minimum atomic E-state index is -3.56. The Kier molecular flexibility index (Phi) is 4.25. The Bertz CT molecular complexity index is 1290. The fourth-order valence-electron chi connectivity index (χ4n) is 4.38. The zero-order valence-corrected chi connectivity index (χ0v) is 17.6. The molecule has 0 fully saturated rings. The van der Waals surface area contributed by atoms with Crippen LogP contribution in [-0.2, 0) is 27.7 Å². The first-order chi connectivity index (χ1) is 14.3. The number of nitrogens with zero attached hydrogens (tertiary/aromatic N) is 1. The van der Waals surface area contributed by atoms with Crippen LogP contribution in [0.5, 0.6) is 5.75 Å². The van der Waals surface area contributed by atoms with E-state index in [9.17, 15) is 13.2 Å². The number of carbonyl (C=O) groups is 1. The van der Waals surface area contributed by atoms with E-state index in [0.717, 1.165) is 30.0 Å². The van der Waals surface area contributed by atoms with Gasteiger partial charge in [0.05, 0.1) is 18.5 Å². The number of rotatable bonds is 3. The molecule has 2 aliphatic rings. The number of fused-ring (bicyclic) bond motifs is 1. The van der Waals surface area contributed by atoms with Gasteiger partial charge in [-0.3, -0.25) is 9.10 Å². The standard InChI is InChI=1S/C23H22N2O4S/c1-14-6-11-20-19(12-14)25(30(2,27)28)13-21(29-20)23(26)24-18-10-9-16-8-7-15-4-3-5-17(18)22(15)16/h3-6,9-12,21H,7-8,13H2,1-2H3,(H,24,26). The Morgan fingerprint density at radius 3 is 2.63 bits per heavy atom. The smallest absolute Gasteiger partial charge is 0.267 e. The molecule has 1 atom stereocenters. The van der Waals surface area contributed by atoms with Crippen molar-refractivity contribution in [3.63, 3.8) is 0 Å². The average molecular weight is 423 g/mol. The van der Waals surface area contributed by atoms with Crippen molar-refractivity contribution in [2.45, 2.75) is 25.9 Å². The highest BCUT2D eigenvalue weighted by Gasteiger charge is 2.35. The zero-order chi connectivity index (χ0) is 21.0. The molecular formula is C23H22N2O4S. The number of aryl methyl sites for hydroxylation is 3. The van der Waals surface area contributed by atoms with E-state index in [0.29, 0.717) is 17.1 Å². The fraction of sp³-hybridized carbons (Fsp3) is 0.261. The first-order valence-electron chi connectivity index (χ1n) is 9.90. The minimum absolute atomic E-state index is 0.0671. The van der Waals surface area contributed by atoms with Crippen LogP contribution in [0, 0.1) is 6.92 Å². The topological polar surface area (TPSA) is 75.7 Å². The van der Waals surface area contributed by atoms with Crippen molar-refractivity contribution in [3.05, 3.63) is 65.2 Å². The van der Waals surface area contributed by atoms with Gasteiger partial charge in [-0.2, -0.15) is 0 Å². The molecule has 0 saturated heterocycles. The van der Waals surface area contributed by atoms with E-state index in [4.69, 9.17) is 4.74 Å². The van der Waals surface area contributed by atoms with Gasteiger partial charge in [-0.15, -0.1) is 0 Å². The molecule has 1 amide bonds. The number of hydrogen-bond acceptors (Lipinski definition) is 4. The largest absolute Gasteiger partial charge is 0.476 e. The third kappa shape index (κ3) is 3.10. The minimum Gasteiger partial charge on any atom is -0.476 e. The van der Waals surface area contributed by atoms with Crippen LogP contribution in [0.4, 0.5) is 11.4 Å². The number of amides is 1. The van der Waals surface area contributed by atoms with Gasteiger partial charge in [0.1, 0.15) is 5.75 Å². The summed E-state index contributed by atoms with van der Waals surface area (Å²) in [5, 5.41) is 5.17. The molecule has 154 valence electrons. The molecule has 1 unspecified atom stereocenters. The van der Waals surface area contributed by atoms with Gasteiger partial charge in [-0.25, -0.2) is 8.42 Å². The van der Waals surface area contributed by atoms with Crippen LogP contribution in [0.3, 0.4) is 0 Å². The summed E-state index contributed by atoms with van der Waals surface area (Å²) in [7, 11) is -3.56. The molecular weight excluding hydrogens is 400 g/mol. The first kappa shape index (κ1) is 18.9. The lowest BCUT2D eigenvalue weighted by atomic mass is 10.0. The number of hydrogen-bond donors (Lipinski definition) is 1. The van der Waals surface area contributed by atoms with Gasteiger partial charge >= 0.3 is 0 Å². The maximum Gasteiger partial charge on any atom is 0.267 e. The number of nitrogens with one attached hydrogen (secondary N) is 1. The highest BCUT2D eigenvalue weighted by molar-refractivity contribution is 7.92. The van der Waals surface area contributed by atoms with Crippen molar-refractivity contribution in [3.8, 4) is 5.75 Å². The summed E-state index contributed by atoms with van der Waals surface area (Å²) in [5.41, 5.74) is 4.68. The number of ether oxygens (including phenoxy) is 1. The molecule has 1 heterocycles. The number of anilines is 2. The van der Waals surface area contributed by atoms with Crippen LogP contribution in [0.2, 0.25) is 0 Å². The van der Waals surface area contributed by atoms with Crippen LogP contribution in [0.15, 0.2) is 48.5 Å². The highest BCUT2D eigenvalue weighted by atomic mass is 32.2. The average Bonchev–Trinajstić information content (AvgIpc) is 3.13. The summed E-state index contributed by atoms with van der Waals surface area (Å²) in [5.74, 6) is 0.0198. The molecule has 1 aliphatic carbocycles. The van der Waals surface area contributed by atoms with Gasteiger partial charge in [-0.1, -0.05) is 30.3 Å². The predicted octanol–water partition coefficient (Wildman–Crippen LogP) is 3.41. The van der Waals surface area contributed by atoms with Crippen LogP contribution >= 0.6 is 0 Å². The Balaban J connectivity index is 1.48. The van der Waals surface area contributed by atoms with Crippen LogP contribution in [0.25, 0.3) is 10.8 Å². The highest BCUT2D eigenvalue weighted by Crippen LogP contribution is 2.37. The molecule has 1 N–H and O–H groups in total. The molecule has 0 radical (unpaired) electrons. The lowest BCUT2D eigenvalue weighted by molar-refractivity contribution is -0.122. The van der Waals surface area contributed by atoms with Crippen molar-refractivity contribution in [1.82, 2.24) is 0 Å². The van der Waals surface area contributed by atoms with E-state index >= 15 is 0 Å². The second-order valence-corrected chi connectivity index (χ2v) is 9.88. The SMILES string of the molecule is Cc1ccc2c(c1)N(S(C)(=O)=O)CC(C(=O)Nc1ccc3c4c(cccc14)CC3)O2. The second-order valence-electron chi connectivity index (χ2n) is 7.97. The zero-order valence-electron chi connectivity index (χ0n) is 16.8. The molecule has 3 aromatic carbocycles. The third-order valence-corrected chi connectivity index (χ3v) is 6.96. The van der Waals surface area contributed by atoms with Gasteiger partial charge in [-0.05, 0) is 60.0 Å². The first-order valence-corrected chi connectivity index (χ1v) is 11.8. The third-order valence-electron chi connectivity index (χ3n) is 5.81. The van der Waals surface area contributed by atoms with E-state index in [2.05, 4.69) is 17.4 Å². The molecule has 0 spiro atoms. The van der Waals surface area contributed by atoms with Crippen molar-refractivity contribution < 1.29 is 17.9 Å². The summed E-state index contributed by atoms with van der Waals surface area (Å²) in [6.07, 6.45) is 2.21. The molecule has 7 heteroatoms. The van der Waals surface area contributed by atoms with E-state index in [-0.39, 0.29) is 12.5 Å². The molecule has 30 heavy (non-hydrogen) atoms. The van der Waals surface area contributed by atoms with Gasteiger partial charge in [0.2, 0.25) is 10.0 Å². The second kappa shape index (κ2) is 6.74. The lowest BCUT2D eigenvalue weighted by Gasteiger charge is -2.34. The monoisotopic (exact) mass is 422 g/mol. The molecule has 5 rings (SSSR count). The molecule has 1 aliphatic heterocycles. The maximum atomic E-state index is 13.1. The Labute approximate surface area is 175 Å². The van der Waals surface area contributed by atoms with Gasteiger partial charge in [0.25, 0.3) is 5.91 Å². The van der Waals surface area contributed by atoms with Crippen LogP contribution in [0.1, 0.15) is 16.7 Å². The van der Waals surface area contributed by atoms with Crippen molar-refractivity contribution in [1.29, 1.82) is 0 Å². The molecule has 0 bridgehead atoms. The Hall–Kier alpha value is -3.06. The lowest BCUT2D eigenvalue weighted by Crippen LogP contribution is -2.48. The van der Waals surface area contributed by atoms with Crippen molar-refractivity contribution >= 4 is 38.1 Å². The number of carbonyl (C=O) groups excluding carboxylic acids is 1. The molecule has 0 aromatic heterocycles. The Morgan fingerprint density at radius 1 is 1.10 bits per heavy atom. The van der Waals surface area contributed by atoms with E-state index in [1.165, 1.54) is 20.8 Å². The van der Waals surface area contributed by atoms with E-state index in [1.807, 2.05) is 31.2 Å². The maximum absolute atomic E-state index is 13.1. The van der Waals surface area contributed by atoms with Crippen molar-refractivity contribution in [2.24, 2.45) is 0 Å². The molecule has 0 saturated carbocycles. The van der Waals surface area contributed by atoms with Gasteiger partial charge in [0.15, 0.2) is 6.10 Å². The van der Waals surface area contributed by atoms with Gasteiger partial charge in [0, 0.05) is 11.1 Å². The molecule has 6 nitrogen and oxygen atoms in total. The van der Waals surface area contributed by atoms with Gasteiger partial charge < -0.3 is 10.1 Å². The summed E-state index contributed by atoms with van der Waals surface area (Å²) < 4.78 is 31.9. The predicted molar refractivity (Wildman–Crippen MR) is 118 cm³/mol. The van der Waals surface area contributed by atoms with Crippen molar-refractivity contribution in [2.75, 3.05) is 22.4 Å². The van der Waals surface area contributed by atoms with Crippen LogP contribution in [-0.4, -0.2) is 33.2 Å². The summed E-state index contributed by atoms with van der Waals surface area (Å²) in [4.78, 5) is 13.1. The van der Waals surface area contributed by atoms with E-state index in [1.54, 1.807) is 12.1 Å². The quantitative estimate of drug-likeness (QED) is 0.702. The summed E-state index contributed by atoms with van der Waals surface area (Å²) >= 11 is 0. The summed E-state index contributed by atoms with van der Waals surface area (Å²) in [6, 6.07) is 15.4. The fourth-order valence-corrected chi connectivity index (χ4v) is 5.29. The number of benzene rings is 3. The van der Waals surface area contributed by atoms with Crippen LogP contribution < -0.4 is 14.4 Å². The van der Waals surface area contributed by atoms with E-state index < -0.39 is 16.1 Å². The molecule has 3 aromatic rings. The normalized spacial score (nSPS) is 17.5. The summed E-state index contributed by atoms with van der Waals surface area (Å²) in [6.45, 7) is 1.82. The Morgan fingerprint density at radius 2 is 1.87 bits per heavy atom.